The second-order valence-electron chi connectivity index (χ2n) is 3.46. The summed E-state index contributed by atoms with van der Waals surface area (Å²) in [4.78, 5) is 14.4. The Hall–Kier alpha value is -2.56. The second kappa shape index (κ2) is 4.52. The van der Waals surface area contributed by atoms with Gasteiger partial charge in [-0.05, 0) is 23.8 Å². The number of aromatic carboxylic acids is 1. The first kappa shape index (κ1) is 10.9. The average Bonchev–Trinajstić information content (AvgIpc) is 2.29. The molecule has 0 unspecified atom stereocenters. The Morgan fingerprint density at radius 1 is 1.18 bits per heavy atom. The van der Waals surface area contributed by atoms with Crippen molar-refractivity contribution in [2.45, 2.75) is 0 Å². The van der Waals surface area contributed by atoms with Gasteiger partial charge in [0.25, 0.3) is 0 Å². The molecule has 0 fully saturated rings. The van der Waals surface area contributed by atoms with Crippen LogP contribution in [0.25, 0.3) is 0 Å². The molecule has 1 heterocycles. The topological polar surface area (TPSA) is 91.1 Å². The summed E-state index contributed by atoms with van der Waals surface area (Å²) in [6, 6.07) is 9.71. The number of nitrogen functional groups attached to an aromatic ring is 1. The third-order valence-electron chi connectivity index (χ3n) is 2.19. The summed E-state index contributed by atoms with van der Waals surface area (Å²) in [6.45, 7) is 0. The number of hydrogen-bond acceptors (Lipinski definition) is 5. The van der Waals surface area contributed by atoms with Crippen LogP contribution in [0.5, 0.6) is 0 Å². The molecule has 5 nitrogen and oxygen atoms in total. The van der Waals surface area contributed by atoms with E-state index >= 15 is 0 Å². The van der Waals surface area contributed by atoms with Crippen LogP contribution in [0.4, 0.5) is 17.2 Å². The molecular formula is C12H10N3O2-. The molecule has 3 N–H and O–H groups in total. The zero-order valence-corrected chi connectivity index (χ0v) is 8.88. The molecule has 0 saturated heterocycles. The maximum Gasteiger partial charge on any atom is 0.125 e. The van der Waals surface area contributed by atoms with Gasteiger partial charge in [-0.1, -0.05) is 12.1 Å². The van der Waals surface area contributed by atoms with Crippen molar-refractivity contribution in [1.82, 2.24) is 4.98 Å². The predicted molar refractivity (Wildman–Crippen MR) is 62.7 cm³/mol. The summed E-state index contributed by atoms with van der Waals surface area (Å²) in [5, 5.41) is 13.6. The molecule has 0 aliphatic carbocycles. The molecular weight excluding hydrogens is 218 g/mol. The van der Waals surface area contributed by atoms with Crippen LogP contribution in [0, 0.1) is 0 Å². The van der Waals surface area contributed by atoms with Crippen LogP contribution in [-0.2, 0) is 0 Å². The molecule has 0 atom stereocenters. The number of carbonyl (C=O) groups is 1. The van der Waals surface area contributed by atoms with Crippen LogP contribution in [0.2, 0.25) is 0 Å². The maximum atomic E-state index is 10.6. The Kier molecular flexibility index (Phi) is 2.91. The predicted octanol–water partition coefficient (Wildman–Crippen LogP) is 0.771. The van der Waals surface area contributed by atoms with Crippen molar-refractivity contribution in [3.8, 4) is 0 Å². The van der Waals surface area contributed by atoms with E-state index in [1.807, 2.05) is 0 Å². The average molecular weight is 228 g/mol. The van der Waals surface area contributed by atoms with E-state index in [1.165, 1.54) is 12.1 Å². The first-order valence-electron chi connectivity index (χ1n) is 4.95. The number of nitrogens with zero attached hydrogens (tertiary/aromatic N) is 1. The van der Waals surface area contributed by atoms with Crippen molar-refractivity contribution in [3.05, 3.63) is 48.2 Å². The van der Waals surface area contributed by atoms with Gasteiger partial charge in [0, 0.05) is 23.6 Å². The standard InChI is InChI=1S/C12H11N3O2/c13-11-7-10(5-6-14-11)15-9-3-1-8(2-4-9)12(16)17/h1-7H,(H,16,17)(H3,13,14,15)/p-1. The molecule has 0 amide bonds. The highest BCUT2D eigenvalue weighted by Gasteiger charge is 1.97. The SMILES string of the molecule is Nc1cc(Nc2ccc(C(=O)[O-])cc2)ccn1. The van der Waals surface area contributed by atoms with Gasteiger partial charge in [-0.2, -0.15) is 0 Å². The second-order valence-corrected chi connectivity index (χ2v) is 3.46. The van der Waals surface area contributed by atoms with E-state index in [1.54, 1.807) is 30.5 Å². The number of nitrogens with two attached hydrogens (primary N) is 1. The summed E-state index contributed by atoms with van der Waals surface area (Å²) in [5.41, 5.74) is 7.24. The van der Waals surface area contributed by atoms with Crippen molar-refractivity contribution in [2.75, 3.05) is 11.1 Å². The van der Waals surface area contributed by atoms with Crippen LogP contribution < -0.4 is 16.2 Å². The number of pyridine rings is 1. The number of anilines is 3. The van der Waals surface area contributed by atoms with Gasteiger partial charge in [-0.15, -0.1) is 0 Å². The lowest BCUT2D eigenvalue weighted by Gasteiger charge is -2.08. The van der Waals surface area contributed by atoms with E-state index in [0.29, 0.717) is 5.82 Å². The van der Waals surface area contributed by atoms with Gasteiger partial charge in [0.15, 0.2) is 0 Å². The van der Waals surface area contributed by atoms with Gasteiger partial charge >= 0.3 is 0 Å². The summed E-state index contributed by atoms with van der Waals surface area (Å²) < 4.78 is 0. The van der Waals surface area contributed by atoms with Crippen molar-refractivity contribution in [1.29, 1.82) is 0 Å². The number of hydrogen-bond donors (Lipinski definition) is 2. The molecule has 2 rings (SSSR count). The molecule has 0 aliphatic heterocycles. The molecule has 0 aliphatic rings. The van der Waals surface area contributed by atoms with Crippen molar-refractivity contribution in [2.24, 2.45) is 0 Å². The van der Waals surface area contributed by atoms with Gasteiger partial charge in [-0.25, -0.2) is 4.98 Å². The largest absolute Gasteiger partial charge is 0.545 e. The summed E-state index contributed by atoms with van der Waals surface area (Å²) >= 11 is 0. The number of benzene rings is 1. The quantitative estimate of drug-likeness (QED) is 0.809. The van der Waals surface area contributed by atoms with E-state index in [9.17, 15) is 9.90 Å². The van der Waals surface area contributed by atoms with Gasteiger partial charge in [-0.3, -0.25) is 0 Å². The summed E-state index contributed by atoms with van der Waals surface area (Å²) in [5.74, 6) is -0.772. The minimum absolute atomic E-state index is 0.143. The molecule has 86 valence electrons. The number of carbonyl (C=O) groups excluding carboxylic acids is 1. The Bertz CT molecular complexity index is 538. The van der Waals surface area contributed by atoms with Crippen LogP contribution in [0.3, 0.4) is 0 Å². The smallest absolute Gasteiger partial charge is 0.125 e. The highest BCUT2D eigenvalue weighted by Crippen LogP contribution is 2.17. The zero-order chi connectivity index (χ0) is 12.3. The molecule has 2 aromatic rings. The molecule has 1 aromatic carbocycles. The van der Waals surface area contributed by atoms with Crippen LogP contribution >= 0.6 is 0 Å². The van der Waals surface area contributed by atoms with Gasteiger partial charge < -0.3 is 21.0 Å². The van der Waals surface area contributed by atoms with Crippen LogP contribution in [-0.4, -0.2) is 11.0 Å². The Balaban J connectivity index is 2.16. The van der Waals surface area contributed by atoms with E-state index < -0.39 is 5.97 Å². The van der Waals surface area contributed by atoms with Crippen molar-refractivity contribution >= 4 is 23.2 Å². The zero-order valence-electron chi connectivity index (χ0n) is 8.88. The fraction of sp³-hybridized carbons (Fsp3) is 0. The number of rotatable bonds is 3. The van der Waals surface area contributed by atoms with Gasteiger partial charge in [0.2, 0.25) is 0 Å². The Morgan fingerprint density at radius 3 is 2.47 bits per heavy atom. The normalized spacial score (nSPS) is 9.88. The van der Waals surface area contributed by atoms with E-state index in [4.69, 9.17) is 5.73 Å². The van der Waals surface area contributed by atoms with Crippen LogP contribution in [0.1, 0.15) is 10.4 Å². The first-order chi connectivity index (χ1) is 8.15. The fourth-order valence-corrected chi connectivity index (χ4v) is 1.38. The molecule has 1 aromatic heterocycles. The minimum atomic E-state index is -1.19. The lowest BCUT2D eigenvalue weighted by molar-refractivity contribution is -0.255. The summed E-state index contributed by atoms with van der Waals surface area (Å²) in [6.07, 6.45) is 1.59. The molecule has 0 bridgehead atoms. The van der Waals surface area contributed by atoms with E-state index in [2.05, 4.69) is 10.3 Å². The van der Waals surface area contributed by atoms with E-state index in [-0.39, 0.29) is 5.56 Å². The fourth-order valence-electron chi connectivity index (χ4n) is 1.38. The van der Waals surface area contributed by atoms with Crippen molar-refractivity contribution < 1.29 is 9.90 Å². The van der Waals surface area contributed by atoms with Gasteiger partial charge in [0.05, 0.1) is 5.97 Å². The number of aromatic nitrogens is 1. The third-order valence-corrected chi connectivity index (χ3v) is 2.19. The molecule has 17 heavy (non-hydrogen) atoms. The third kappa shape index (κ3) is 2.72. The maximum absolute atomic E-state index is 10.6. The van der Waals surface area contributed by atoms with E-state index in [0.717, 1.165) is 11.4 Å². The van der Waals surface area contributed by atoms with Crippen LogP contribution in [0.15, 0.2) is 42.6 Å². The number of carboxylic acid groups (broad SMARTS) is 1. The number of nitrogens with one attached hydrogen (secondary N) is 1. The lowest BCUT2D eigenvalue weighted by atomic mass is 10.2. The Labute approximate surface area is 97.9 Å². The Morgan fingerprint density at radius 2 is 1.88 bits per heavy atom. The monoisotopic (exact) mass is 228 g/mol. The highest BCUT2D eigenvalue weighted by molar-refractivity contribution is 5.86. The number of carboxylic acids is 1. The minimum Gasteiger partial charge on any atom is -0.545 e. The highest BCUT2D eigenvalue weighted by atomic mass is 16.4. The van der Waals surface area contributed by atoms with Gasteiger partial charge in [0.1, 0.15) is 5.82 Å². The molecule has 0 spiro atoms. The van der Waals surface area contributed by atoms with Crippen molar-refractivity contribution in [3.63, 3.8) is 0 Å². The molecule has 0 radical (unpaired) electrons. The summed E-state index contributed by atoms with van der Waals surface area (Å²) in [7, 11) is 0. The lowest BCUT2D eigenvalue weighted by Crippen LogP contribution is -2.21. The molecule has 5 heteroatoms. The first-order valence-corrected chi connectivity index (χ1v) is 4.95. The molecule has 0 saturated carbocycles.